The third-order valence-electron chi connectivity index (χ3n) is 6.10. The quantitative estimate of drug-likeness (QED) is 0.290. The molecule has 36 heavy (non-hydrogen) atoms. The molecule has 0 saturated carbocycles. The summed E-state index contributed by atoms with van der Waals surface area (Å²) < 4.78 is 9.15. The second-order valence-corrected chi connectivity index (χ2v) is 9.96. The van der Waals surface area contributed by atoms with Crippen LogP contribution < -0.4 is 5.56 Å². The van der Waals surface area contributed by atoms with Gasteiger partial charge >= 0.3 is 0 Å². The van der Waals surface area contributed by atoms with E-state index in [4.69, 9.17) is 4.52 Å². The molecule has 3 aromatic heterocycles. The molecule has 9 heteroatoms. The van der Waals surface area contributed by atoms with Gasteiger partial charge in [0.2, 0.25) is 17.5 Å². The summed E-state index contributed by atoms with van der Waals surface area (Å²) in [7, 11) is 0. The summed E-state index contributed by atoms with van der Waals surface area (Å²) in [6, 6.07) is 23.3. The molecule has 6 aromatic rings. The molecule has 0 N–H and O–H groups in total. The number of fused-ring (bicyclic) bond motifs is 3. The molecule has 0 amide bonds. The maximum Gasteiger partial charge on any atom is 0.267 e. The van der Waals surface area contributed by atoms with E-state index in [1.807, 2.05) is 98.0 Å². The number of thioether (sulfide) groups is 1. The SMILES string of the molecule is Cc1ccc(C)c(-n2c(=O)c3ccccc3n3c(SC(C)c4nc(-c5ccccc5)no4)nnc23)c1. The van der Waals surface area contributed by atoms with E-state index in [-0.39, 0.29) is 10.8 Å². The zero-order chi connectivity index (χ0) is 24.8. The molecule has 178 valence electrons. The second-order valence-electron chi connectivity index (χ2n) is 8.65. The topological polar surface area (TPSA) is 91.1 Å². The van der Waals surface area contributed by atoms with E-state index >= 15 is 0 Å². The molecule has 6 rings (SSSR count). The van der Waals surface area contributed by atoms with Crippen molar-refractivity contribution in [2.24, 2.45) is 0 Å². The van der Waals surface area contributed by atoms with Crippen molar-refractivity contribution in [1.29, 1.82) is 0 Å². The van der Waals surface area contributed by atoms with Crippen LogP contribution >= 0.6 is 11.8 Å². The highest BCUT2D eigenvalue weighted by molar-refractivity contribution is 7.99. The number of para-hydroxylation sites is 1. The van der Waals surface area contributed by atoms with Gasteiger partial charge < -0.3 is 4.52 Å². The number of hydrogen-bond acceptors (Lipinski definition) is 7. The lowest BCUT2D eigenvalue weighted by Crippen LogP contribution is -2.22. The Bertz CT molecular complexity index is 1790. The predicted molar refractivity (Wildman–Crippen MR) is 140 cm³/mol. The first kappa shape index (κ1) is 22.2. The average Bonchev–Trinajstić information content (AvgIpc) is 3.55. The van der Waals surface area contributed by atoms with Gasteiger partial charge in [-0.2, -0.15) is 4.98 Å². The summed E-state index contributed by atoms with van der Waals surface area (Å²) >= 11 is 1.45. The maximum absolute atomic E-state index is 13.6. The van der Waals surface area contributed by atoms with Crippen LogP contribution in [0.4, 0.5) is 0 Å². The van der Waals surface area contributed by atoms with Gasteiger partial charge in [0.1, 0.15) is 0 Å². The lowest BCUT2D eigenvalue weighted by atomic mass is 10.1. The van der Waals surface area contributed by atoms with Crippen molar-refractivity contribution < 1.29 is 4.52 Å². The zero-order valence-electron chi connectivity index (χ0n) is 19.9. The molecular formula is C27H22N6O2S. The van der Waals surface area contributed by atoms with Gasteiger partial charge in [-0.15, -0.1) is 10.2 Å². The highest BCUT2D eigenvalue weighted by Crippen LogP contribution is 2.35. The van der Waals surface area contributed by atoms with Crippen LogP contribution in [-0.4, -0.2) is 29.3 Å². The van der Waals surface area contributed by atoms with E-state index in [2.05, 4.69) is 20.3 Å². The summed E-state index contributed by atoms with van der Waals surface area (Å²) in [4.78, 5) is 18.2. The third-order valence-corrected chi connectivity index (χ3v) is 7.13. The van der Waals surface area contributed by atoms with E-state index in [9.17, 15) is 4.79 Å². The first-order chi connectivity index (χ1) is 17.5. The molecule has 0 radical (unpaired) electrons. The van der Waals surface area contributed by atoms with Crippen molar-refractivity contribution >= 4 is 28.4 Å². The van der Waals surface area contributed by atoms with Crippen molar-refractivity contribution in [3.05, 3.63) is 100 Å². The number of rotatable bonds is 5. The fourth-order valence-corrected chi connectivity index (χ4v) is 5.13. The monoisotopic (exact) mass is 494 g/mol. The van der Waals surface area contributed by atoms with Crippen LogP contribution in [0.1, 0.15) is 29.2 Å². The minimum Gasteiger partial charge on any atom is -0.338 e. The average molecular weight is 495 g/mol. The molecule has 0 fully saturated rings. The van der Waals surface area contributed by atoms with Gasteiger partial charge in [0.25, 0.3) is 5.56 Å². The van der Waals surface area contributed by atoms with Crippen molar-refractivity contribution in [1.82, 2.24) is 29.3 Å². The normalized spacial score (nSPS) is 12.4. The fraction of sp³-hybridized carbons (Fsp3) is 0.148. The molecule has 0 aliphatic rings. The summed E-state index contributed by atoms with van der Waals surface area (Å²) in [5.74, 6) is 1.48. The van der Waals surface area contributed by atoms with E-state index in [0.29, 0.717) is 28.0 Å². The van der Waals surface area contributed by atoms with E-state index < -0.39 is 0 Å². The number of aromatic nitrogens is 6. The highest BCUT2D eigenvalue weighted by atomic mass is 32.2. The summed E-state index contributed by atoms with van der Waals surface area (Å²) in [6.45, 7) is 5.98. The molecule has 0 aliphatic carbocycles. The smallest absolute Gasteiger partial charge is 0.267 e. The summed E-state index contributed by atoms with van der Waals surface area (Å²) in [5.41, 5.74) is 4.33. The van der Waals surface area contributed by atoms with Gasteiger partial charge in [0.15, 0.2) is 5.16 Å². The summed E-state index contributed by atoms with van der Waals surface area (Å²) in [5, 5.41) is 14.1. The molecule has 3 heterocycles. The molecule has 0 aliphatic heterocycles. The van der Waals surface area contributed by atoms with Crippen molar-refractivity contribution in [3.63, 3.8) is 0 Å². The molecule has 0 saturated heterocycles. The summed E-state index contributed by atoms with van der Waals surface area (Å²) in [6.07, 6.45) is 0. The van der Waals surface area contributed by atoms with Crippen LogP contribution in [0, 0.1) is 13.8 Å². The first-order valence-electron chi connectivity index (χ1n) is 11.5. The van der Waals surface area contributed by atoms with Crippen LogP contribution in [0.25, 0.3) is 33.8 Å². The molecule has 8 nitrogen and oxygen atoms in total. The van der Waals surface area contributed by atoms with Gasteiger partial charge in [-0.25, -0.2) is 4.57 Å². The Morgan fingerprint density at radius 2 is 1.72 bits per heavy atom. The van der Waals surface area contributed by atoms with Gasteiger partial charge in [-0.3, -0.25) is 9.20 Å². The van der Waals surface area contributed by atoms with E-state index in [1.54, 1.807) is 4.57 Å². The van der Waals surface area contributed by atoms with Crippen LogP contribution in [0.3, 0.4) is 0 Å². The molecule has 0 spiro atoms. The number of nitrogens with zero attached hydrogens (tertiary/aromatic N) is 6. The maximum atomic E-state index is 13.6. The third kappa shape index (κ3) is 3.68. The van der Waals surface area contributed by atoms with Crippen molar-refractivity contribution in [3.8, 4) is 17.1 Å². The molecular weight excluding hydrogens is 472 g/mol. The Balaban J connectivity index is 1.48. The standard InChI is InChI=1S/C27H22N6O2S/c1-16-13-14-17(2)22(15-16)32-25(34)20-11-7-8-12-21(20)33-26(32)29-30-27(33)36-18(3)24-28-23(31-35-24)19-9-5-4-6-10-19/h4-15,18H,1-3H3. The molecule has 1 atom stereocenters. The van der Waals surface area contributed by atoms with E-state index in [1.165, 1.54) is 11.8 Å². The number of benzene rings is 3. The highest BCUT2D eigenvalue weighted by Gasteiger charge is 2.23. The Kier molecular flexibility index (Phi) is 5.41. The Morgan fingerprint density at radius 1 is 0.944 bits per heavy atom. The van der Waals surface area contributed by atoms with Gasteiger partial charge in [-0.1, -0.05) is 71.5 Å². The van der Waals surface area contributed by atoms with Gasteiger partial charge in [0.05, 0.1) is 21.8 Å². The lowest BCUT2D eigenvalue weighted by Gasteiger charge is -2.14. The van der Waals surface area contributed by atoms with Crippen LogP contribution in [-0.2, 0) is 0 Å². The molecule has 3 aromatic carbocycles. The van der Waals surface area contributed by atoms with Crippen LogP contribution in [0.2, 0.25) is 0 Å². The second kappa shape index (κ2) is 8.76. The van der Waals surface area contributed by atoms with Crippen LogP contribution in [0.5, 0.6) is 0 Å². The lowest BCUT2D eigenvalue weighted by molar-refractivity contribution is 0.380. The minimum absolute atomic E-state index is 0.131. The zero-order valence-corrected chi connectivity index (χ0v) is 20.7. The molecule has 1 unspecified atom stereocenters. The van der Waals surface area contributed by atoms with Crippen molar-refractivity contribution in [2.45, 2.75) is 31.2 Å². The molecule has 0 bridgehead atoms. The van der Waals surface area contributed by atoms with Gasteiger partial charge in [-0.05, 0) is 50.1 Å². The Labute approximate surface area is 210 Å². The Morgan fingerprint density at radius 3 is 2.56 bits per heavy atom. The largest absolute Gasteiger partial charge is 0.338 e. The minimum atomic E-state index is -0.192. The Hall–Kier alpha value is -4.24. The fourth-order valence-electron chi connectivity index (χ4n) is 4.25. The van der Waals surface area contributed by atoms with Crippen molar-refractivity contribution in [2.75, 3.05) is 0 Å². The van der Waals surface area contributed by atoms with Gasteiger partial charge in [0, 0.05) is 5.56 Å². The van der Waals surface area contributed by atoms with Crippen LogP contribution in [0.15, 0.2) is 87.3 Å². The number of hydrogen-bond donors (Lipinski definition) is 0. The predicted octanol–water partition coefficient (Wildman–Crippen LogP) is 5.55. The first-order valence-corrected chi connectivity index (χ1v) is 12.4. The number of aryl methyl sites for hydroxylation is 2. The van der Waals surface area contributed by atoms with E-state index in [0.717, 1.165) is 27.9 Å².